The highest BCUT2D eigenvalue weighted by Gasteiger charge is 2.25. The van der Waals surface area contributed by atoms with Crippen LogP contribution in [0, 0.1) is 0 Å². The first kappa shape index (κ1) is 26.0. The number of anilines is 3. The van der Waals surface area contributed by atoms with Gasteiger partial charge in [0.2, 0.25) is 0 Å². The van der Waals surface area contributed by atoms with E-state index in [1.165, 1.54) is 32.4 Å². The highest BCUT2D eigenvalue weighted by Crippen LogP contribution is 2.49. The quantitative estimate of drug-likeness (QED) is 0.200. The van der Waals surface area contributed by atoms with E-state index in [9.17, 15) is 0 Å². The summed E-state index contributed by atoms with van der Waals surface area (Å²) in [5.41, 5.74) is 8.59. The molecule has 3 nitrogen and oxygen atoms in total. The average Bonchev–Trinajstić information content (AvgIpc) is 3.69. The summed E-state index contributed by atoms with van der Waals surface area (Å²) in [7, 11) is 0. The summed E-state index contributed by atoms with van der Waals surface area (Å²) in [5.74, 6) is 0. The molecule has 0 spiro atoms. The molecule has 3 heteroatoms. The number of benzene rings is 8. The van der Waals surface area contributed by atoms with E-state index in [-0.39, 0.29) is 0 Å². The Labute approximate surface area is 271 Å². The van der Waals surface area contributed by atoms with Crippen LogP contribution in [0.3, 0.4) is 0 Å². The van der Waals surface area contributed by atoms with E-state index in [1.807, 2.05) is 0 Å². The van der Waals surface area contributed by atoms with Crippen LogP contribution < -0.4 is 4.90 Å². The van der Waals surface area contributed by atoms with Crippen LogP contribution in [0.25, 0.3) is 71.0 Å². The van der Waals surface area contributed by atoms with Gasteiger partial charge in [0.25, 0.3) is 0 Å². The molecular weight excluding hydrogens is 572 g/mol. The van der Waals surface area contributed by atoms with Crippen LogP contribution >= 0.6 is 0 Å². The molecule has 0 saturated carbocycles. The lowest BCUT2D eigenvalue weighted by Gasteiger charge is -2.28. The molecule has 0 aliphatic heterocycles. The number of nitrogens with zero attached hydrogens (tertiary/aromatic N) is 2. The molecule has 10 rings (SSSR count). The third kappa shape index (κ3) is 3.81. The normalized spacial score (nSPS) is 11.8. The van der Waals surface area contributed by atoms with Gasteiger partial charge in [-0.1, -0.05) is 115 Å². The molecule has 2 aromatic heterocycles. The van der Waals surface area contributed by atoms with Gasteiger partial charge in [-0.05, 0) is 65.4 Å². The maximum atomic E-state index is 6.70. The zero-order chi connectivity index (χ0) is 30.9. The largest absolute Gasteiger partial charge is 0.455 e. The molecule has 2 heterocycles. The lowest BCUT2D eigenvalue weighted by molar-refractivity contribution is 0.672. The summed E-state index contributed by atoms with van der Waals surface area (Å²) in [6.45, 7) is 0. The van der Waals surface area contributed by atoms with Crippen LogP contribution in [0.5, 0.6) is 0 Å². The van der Waals surface area contributed by atoms with Crippen LogP contribution in [0.4, 0.5) is 17.1 Å². The van der Waals surface area contributed by atoms with E-state index < -0.39 is 0 Å². The van der Waals surface area contributed by atoms with Gasteiger partial charge in [-0.3, -0.25) is 0 Å². The van der Waals surface area contributed by atoms with Crippen LogP contribution in [0.1, 0.15) is 0 Å². The smallest absolute Gasteiger partial charge is 0.143 e. The fourth-order valence-electron chi connectivity index (χ4n) is 7.56. The Hall–Kier alpha value is -6.32. The zero-order valence-electron chi connectivity index (χ0n) is 25.5. The van der Waals surface area contributed by atoms with Crippen molar-refractivity contribution in [1.29, 1.82) is 0 Å². The molecule has 8 aromatic carbocycles. The van der Waals surface area contributed by atoms with E-state index >= 15 is 0 Å². The van der Waals surface area contributed by atoms with Gasteiger partial charge in [-0.2, -0.15) is 0 Å². The number of hydrogen-bond donors (Lipinski definition) is 0. The summed E-state index contributed by atoms with van der Waals surface area (Å²) in [4.78, 5) is 2.46. The summed E-state index contributed by atoms with van der Waals surface area (Å²) in [5, 5.41) is 9.31. The number of aromatic nitrogens is 1. The second-order valence-electron chi connectivity index (χ2n) is 12.1. The topological polar surface area (TPSA) is 21.3 Å². The maximum absolute atomic E-state index is 6.70. The summed E-state index contributed by atoms with van der Waals surface area (Å²) in [6, 6.07) is 60.7. The third-order valence-corrected chi connectivity index (χ3v) is 9.54. The molecule has 47 heavy (non-hydrogen) atoms. The first-order chi connectivity index (χ1) is 23.3. The van der Waals surface area contributed by atoms with E-state index in [0.717, 1.165) is 55.6 Å². The summed E-state index contributed by atoms with van der Waals surface area (Å²) < 4.78 is 9.09. The molecule has 0 radical (unpaired) electrons. The monoisotopic (exact) mass is 600 g/mol. The van der Waals surface area contributed by atoms with Crippen molar-refractivity contribution in [1.82, 2.24) is 4.57 Å². The minimum Gasteiger partial charge on any atom is -0.455 e. The van der Waals surface area contributed by atoms with Crippen molar-refractivity contribution in [2.45, 2.75) is 0 Å². The number of furan rings is 1. The predicted molar refractivity (Wildman–Crippen MR) is 198 cm³/mol. The van der Waals surface area contributed by atoms with Crippen molar-refractivity contribution in [2.24, 2.45) is 0 Å². The Kier molecular flexibility index (Phi) is 5.57. The van der Waals surface area contributed by atoms with Crippen molar-refractivity contribution < 1.29 is 4.42 Å². The molecule has 0 bridgehead atoms. The predicted octanol–water partition coefficient (Wildman–Crippen LogP) is 12.5. The highest BCUT2D eigenvalue weighted by molar-refractivity contribution is 6.23. The second-order valence-corrected chi connectivity index (χ2v) is 12.1. The molecule has 10 aromatic rings. The van der Waals surface area contributed by atoms with E-state index in [0.29, 0.717) is 0 Å². The Bertz CT molecular complexity index is 2800. The van der Waals surface area contributed by atoms with E-state index in [2.05, 4.69) is 179 Å². The van der Waals surface area contributed by atoms with Gasteiger partial charge in [0, 0.05) is 32.6 Å². The van der Waals surface area contributed by atoms with Crippen molar-refractivity contribution in [3.63, 3.8) is 0 Å². The van der Waals surface area contributed by atoms with Crippen molar-refractivity contribution in [3.8, 4) is 5.69 Å². The van der Waals surface area contributed by atoms with Gasteiger partial charge in [0.15, 0.2) is 0 Å². The van der Waals surface area contributed by atoms with Gasteiger partial charge in [-0.15, -0.1) is 0 Å². The molecule has 0 atom stereocenters. The average molecular weight is 601 g/mol. The van der Waals surface area contributed by atoms with Crippen molar-refractivity contribution in [3.05, 3.63) is 170 Å². The second kappa shape index (κ2) is 10.1. The molecule has 0 aliphatic carbocycles. The van der Waals surface area contributed by atoms with Crippen LogP contribution in [-0.4, -0.2) is 4.57 Å². The first-order valence-electron chi connectivity index (χ1n) is 16.0. The van der Waals surface area contributed by atoms with Crippen LogP contribution in [0.15, 0.2) is 174 Å². The molecule has 0 N–H and O–H groups in total. The minimum atomic E-state index is 0.873. The Balaban J connectivity index is 1.37. The third-order valence-electron chi connectivity index (χ3n) is 9.54. The Morgan fingerprint density at radius 3 is 1.83 bits per heavy atom. The number of rotatable bonds is 4. The fraction of sp³-hybridized carbons (Fsp3) is 0. The number of fused-ring (bicyclic) bond motifs is 9. The van der Waals surface area contributed by atoms with Gasteiger partial charge in [-0.25, -0.2) is 0 Å². The van der Waals surface area contributed by atoms with E-state index in [1.54, 1.807) is 0 Å². The fourth-order valence-corrected chi connectivity index (χ4v) is 7.56. The SMILES string of the molecule is c1ccc(-n2c3ccccc3c3c(N(c4cccc5ccccc45)c4cccc5oc6c7ccccc7ccc6c45)cccc32)cc1. The summed E-state index contributed by atoms with van der Waals surface area (Å²) in [6.07, 6.45) is 0. The van der Waals surface area contributed by atoms with Crippen LogP contribution in [-0.2, 0) is 0 Å². The minimum absolute atomic E-state index is 0.873. The Morgan fingerprint density at radius 2 is 0.979 bits per heavy atom. The van der Waals surface area contributed by atoms with Gasteiger partial charge in [0.05, 0.1) is 33.5 Å². The maximum Gasteiger partial charge on any atom is 0.143 e. The summed E-state index contributed by atoms with van der Waals surface area (Å²) >= 11 is 0. The zero-order valence-corrected chi connectivity index (χ0v) is 25.5. The molecule has 0 unspecified atom stereocenters. The van der Waals surface area contributed by atoms with E-state index in [4.69, 9.17) is 4.42 Å². The standard InChI is InChI=1S/C44H28N2O/c1-2-16-31(17-3-1)45-37-21-9-8-20-34(37)42-38(45)23-11-24-39(42)46(36-22-10-15-29-13-4-6-18-32(29)36)40-25-12-26-41-43(40)35-28-27-30-14-5-7-19-33(30)44(35)47-41/h1-28H. The van der Waals surface area contributed by atoms with Gasteiger partial charge in [0.1, 0.15) is 11.2 Å². The molecule has 220 valence electrons. The lowest BCUT2D eigenvalue weighted by atomic mass is 10.0. The molecule has 0 aliphatic rings. The molecular formula is C44H28N2O. The van der Waals surface area contributed by atoms with Crippen molar-refractivity contribution in [2.75, 3.05) is 4.90 Å². The van der Waals surface area contributed by atoms with Crippen molar-refractivity contribution >= 4 is 82.4 Å². The molecule has 0 amide bonds. The highest BCUT2D eigenvalue weighted by atomic mass is 16.3. The first-order valence-corrected chi connectivity index (χ1v) is 16.0. The number of para-hydroxylation sites is 2. The number of hydrogen-bond acceptors (Lipinski definition) is 2. The molecule has 0 saturated heterocycles. The Morgan fingerprint density at radius 1 is 0.383 bits per heavy atom. The lowest BCUT2D eigenvalue weighted by Crippen LogP contribution is -2.11. The van der Waals surface area contributed by atoms with Gasteiger partial charge < -0.3 is 13.9 Å². The van der Waals surface area contributed by atoms with Crippen LogP contribution in [0.2, 0.25) is 0 Å². The molecule has 0 fully saturated rings. The van der Waals surface area contributed by atoms with Gasteiger partial charge >= 0.3 is 0 Å².